The zero-order valence-electron chi connectivity index (χ0n) is 16.6. The molecule has 31 heavy (non-hydrogen) atoms. The topological polar surface area (TPSA) is 84.8 Å². The van der Waals surface area contributed by atoms with Gasteiger partial charge in [-0.3, -0.25) is 14.5 Å². The van der Waals surface area contributed by atoms with E-state index in [-0.39, 0.29) is 18.1 Å². The maximum atomic E-state index is 14.5. The molecule has 158 valence electrons. The number of nitrogens with zero attached hydrogens (tertiary/aromatic N) is 3. The fourth-order valence-corrected chi connectivity index (χ4v) is 3.36. The molecule has 7 nitrogen and oxygen atoms in total. The monoisotopic (exact) mass is 439 g/mol. The number of benzene rings is 1. The van der Waals surface area contributed by atoms with Crippen molar-refractivity contribution in [2.24, 2.45) is 0 Å². The number of aromatic amines is 1. The minimum absolute atomic E-state index is 0.121. The average Bonchev–Trinajstić information content (AvgIpc) is 3.41. The van der Waals surface area contributed by atoms with E-state index < -0.39 is 5.82 Å². The molecule has 0 aliphatic heterocycles. The van der Waals surface area contributed by atoms with E-state index in [0.29, 0.717) is 34.1 Å². The zero-order chi connectivity index (χ0) is 21.8. The van der Waals surface area contributed by atoms with Gasteiger partial charge in [0.05, 0.1) is 31.2 Å². The Balaban J connectivity index is 1.42. The van der Waals surface area contributed by atoms with E-state index in [4.69, 9.17) is 16.3 Å². The van der Waals surface area contributed by atoms with Crippen molar-refractivity contribution in [1.29, 1.82) is 0 Å². The van der Waals surface area contributed by atoms with Gasteiger partial charge in [-0.15, -0.1) is 0 Å². The van der Waals surface area contributed by atoms with Crippen molar-refractivity contribution >= 4 is 23.2 Å². The molecular weight excluding hydrogens is 421 g/mol. The van der Waals surface area contributed by atoms with E-state index >= 15 is 0 Å². The Hall–Kier alpha value is -3.65. The van der Waals surface area contributed by atoms with Crippen molar-refractivity contribution in [3.8, 4) is 5.75 Å². The first-order chi connectivity index (χ1) is 15.0. The number of ether oxygens (including phenoxy) is 1. The van der Waals surface area contributed by atoms with Crippen LogP contribution in [0.3, 0.4) is 0 Å². The third-order valence-corrected chi connectivity index (χ3v) is 5.03. The number of nitrogens with one attached hydrogen (secondary N) is 2. The first kappa shape index (κ1) is 20.6. The van der Waals surface area contributed by atoms with E-state index in [1.54, 1.807) is 41.6 Å². The van der Waals surface area contributed by atoms with Crippen molar-refractivity contribution in [2.75, 3.05) is 12.4 Å². The number of aromatic nitrogens is 4. The maximum Gasteiger partial charge on any atom is 0.272 e. The first-order valence-corrected chi connectivity index (χ1v) is 9.83. The van der Waals surface area contributed by atoms with Crippen LogP contribution < -0.4 is 10.1 Å². The van der Waals surface area contributed by atoms with Crippen molar-refractivity contribution in [3.63, 3.8) is 0 Å². The highest BCUT2D eigenvalue weighted by molar-refractivity contribution is 6.31. The number of amides is 1. The molecule has 2 N–H and O–H groups in total. The van der Waals surface area contributed by atoms with Crippen LogP contribution in [-0.2, 0) is 13.0 Å². The second-order valence-electron chi connectivity index (χ2n) is 6.84. The van der Waals surface area contributed by atoms with E-state index in [2.05, 4.69) is 20.4 Å². The molecule has 3 aromatic heterocycles. The Morgan fingerprint density at radius 2 is 2.19 bits per heavy atom. The van der Waals surface area contributed by atoms with Crippen molar-refractivity contribution < 1.29 is 13.9 Å². The summed E-state index contributed by atoms with van der Waals surface area (Å²) in [5.41, 5.74) is 2.78. The van der Waals surface area contributed by atoms with Gasteiger partial charge in [-0.05, 0) is 35.9 Å². The summed E-state index contributed by atoms with van der Waals surface area (Å²) < 4.78 is 21.2. The first-order valence-electron chi connectivity index (χ1n) is 9.45. The summed E-state index contributed by atoms with van der Waals surface area (Å²) in [7, 11) is 1.40. The molecule has 4 rings (SSSR count). The molecule has 0 bridgehead atoms. The van der Waals surface area contributed by atoms with Gasteiger partial charge in [-0.1, -0.05) is 17.7 Å². The Kier molecular flexibility index (Phi) is 5.99. The Labute approximate surface area is 182 Å². The summed E-state index contributed by atoms with van der Waals surface area (Å²) in [6, 6.07) is 10.4. The van der Waals surface area contributed by atoms with Gasteiger partial charge < -0.3 is 15.0 Å². The molecule has 0 spiro atoms. The van der Waals surface area contributed by atoms with Crippen LogP contribution >= 0.6 is 11.6 Å². The number of carbonyl (C=O) groups is 1. The highest BCUT2D eigenvalue weighted by atomic mass is 35.5. The van der Waals surface area contributed by atoms with E-state index in [1.807, 2.05) is 18.2 Å². The zero-order valence-corrected chi connectivity index (χ0v) is 17.4. The number of H-pyrrole nitrogens is 1. The standard InChI is InChI=1S/C22H19ClFN5O2/c1-31-20-6-5-18(23)17(21(20)24)8-14-9-19(26-10-14)22(30)28-16-11-27-29(13-16)12-15-4-2-3-7-25-15/h2-7,9-11,13,26H,8,12H2,1H3,(H,28,30). The smallest absolute Gasteiger partial charge is 0.272 e. The number of hydrogen-bond acceptors (Lipinski definition) is 4. The molecule has 0 aliphatic carbocycles. The Morgan fingerprint density at radius 1 is 1.32 bits per heavy atom. The fourth-order valence-electron chi connectivity index (χ4n) is 3.14. The van der Waals surface area contributed by atoms with Crippen LogP contribution in [0.25, 0.3) is 0 Å². The molecule has 0 fully saturated rings. The van der Waals surface area contributed by atoms with E-state index in [9.17, 15) is 9.18 Å². The number of hydrogen-bond donors (Lipinski definition) is 2. The quantitative estimate of drug-likeness (QED) is 0.449. The van der Waals surface area contributed by atoms with Gasteiger partial charge in [-0.25, -0.2) is 4.39 Å². The van der Waals surface area contributed by atoms with Gasteiger partial charge in [0.1, 0.15) is 5.69 Å². The number of methoxy groups -OCH3 is 1. The van der Waals surface area contributed by atoms with Crippen LogP contribution in [0, 0.1) is 5.82 Å². The fraction of sp³-hybridized carbons (Fsp3) is 0.136. The van der Waals surface area contributed by atoms with Gasteiger partial charge in [-0.2, -0.15) is 5.10 Å². The van der Waals surface area contributed by atoms with E-state index in [1.165, 1.54) is 13.2 Å². The maximum absolute atomic E-state index is 14.5. The second-order valence-corrected chi connectivity index (χ2v) is 7.25. The molecule has 0 atom stereocenters. The lowest BCUT2D eigenvalue weighted by Gasteiger charge is -2.08. The van der Waals surface area contributed by atoms with Gasteiger partial charge in [0.2, 0.25) is 0 Å². The molecule has 0 radical (unpaired) electrons. The van der Waals surface area contributed by atoms with Crippen LogP contribution in [0.4, 0.5) is 10.1 Å². The van der Waals surface area contributed by atoms with Crippen LogP contribution in [0.1, 0.15) is 27.3 Å². The molecule has 0 saturated carbocycles. The number of pyridine rings is 1. The number of halogens is 2. The third kappa shape index (κ3) is 4.75. The number of anilines is 1. The van der Waals surface area contributed by atoms with Crippen LogP contribution in [0.2, 0.25) is 5.02 Å². The molecule has 1 amide bonds. The lowest BCUT2D eigenvalue weighted by molar-refractivity contribution is 0.102. The number of rotatable bonds is 7. The van der Waals surface area contributed by atoms with Gasteiger partial charge >= 0.3 is 0 Å². The summed E-state index contributed by atoms with van der Waals surface area (Å²) in [5.74, 6) is -0.723. The van der Waals surface area contributed by atoms with Crippen LogP contribution in [-0.4, -0.2) is 32.8 Å². The summed E-state index contributed by atoms with van der Waals surface area (Å²) in [6.07, 6.45) is 6.87. The molecule has 4 aromatic rings. The molecule has 9 heteroatoms. The SMILES string of the molecule is COc1ccc(Cl)c(Cc2c[nH]c(C(=O)Nc3cnn(Cc4ccccn4)c3)c2)c1F. The summed E-state index contributed by atoms with van der Waals surface area (Å²) in [4.78, 5) is 19.7. The number of carbonyl (C=O) groups excluding carboxylic acids is 1. The average molecular weight is 440 g/mol. The van der Waals surface area contributed by atoms with Crippen molar-refractivity contribution in [3.05, 3.63) is 94.5 Å². The molecule has 3 heterocycles. The van der Waals surface area contributed by atoms with Crippen LogP contribution in [0.5, 0.6) is 5.75 Å². The molecule has 0 saturated heterocycles. The largest absolute Gasteiger partial charge is 0.494 e. The van der Waals surface area contributed by atoms with Gasteiger partial charge in [0, 0.05) is 35.6 Å². The summed E-state index contributed by atoms with van der Waals surface area (Å²) >= 11 is 6.15. The van der Waals surface area contributed by atoms with Gasteiger partial charge in [0.25, 0.3) is 5.91 Å². The van der Waals surface area contributed by atoms with Gasteiger partial charge in [0.15, 0.2) is 11.6 Å². The normalized spacial score (nSPS) is 10.8. The predicted molar refractivity (Wildman–Crippen MR) is 115 cm³/mol. The van der Waals surface area contributed by atoms with Crippen molar-refractivity contribution in [2.45, 2.75) is 13.0 Å². The lowest BCUT2D eigenvalue weighted by Crippen LogP contribution is -2.11. The lowest BCUT2D eigenvalue weighted by atomic mass is 10.1. The van der Waals surface area contributed by atoms with E-state index in [0.717, 1.165) is 5.69 Å². The Morgan fingerprint density at radius 3 is 2.97 bits per heavy atom. The van der Waals surface area contributed by atoms with Crippen LogP contribution in [0.15, 0.2) is 61.2 Å². The third-order valence-electron chi connectivity index (χ3n) is 4.68. The summed E-state index contributed by atoms with van der Waals surface area (Å²) in [5, 5.41) is 7.32. The molecule has 0 aliphatic rings. The molecular formula is C22H19ClFN5O2. The highest BCUT2D eigenvalue weighted by Crippen LogP contribution is 2.29. The second kappa shape index (κ2) is 9.01. The molecule has 1 aromatic carbocycles. The van der Waals surface area contributed by atoms with Crippen molar-refractivity contribution in [1.82, 2.24) is 19.7 Å². The summed E-state index contributed by atoms with van der Waals surface area (Å²) in [6.45, 7) is 0.496. The predicted octanol–water partition coefficient (Wildman–Crippen LogP) is 4.30. The Bertz CT molecular complexity index is 1210. The minimum Gasteiger partial charge on any atom is -0.494 e. The minimum atomic E-state index is -0.512. The highest BCUT2D eigenvalue weighted by Gasteiger charge is 2.16. The molecule has 0 unspecified atom stereocenters.